The maximum absolute atomic E-state index is 9.60. The van der Waals surface area contributed by atoms with Gasteiger partial charge in [-0.05, 0) is 50.4 Å². The molecule has 2 nitrogen and oxygen atoms in total. The lowest BCUT2D eigenvalue weighted by Gasteiger charge is -2.42. The molecule has 2 heteroatoms. The molecule has 2 rings (SSSR count). The van der Waals surface area contributed by atoms with E-state index in [1.807, 2.05) is 0 Å². The van der Waals surface area contributed by atoms with E-state index in [9.17, 15) is 5.21 Å². The average molecular weight is 364 g/mol. The summed E-state index contributed by atoms with van der Waals surface area (Å²) in [6.07, 6.45) is 26.0. The standard InChI is InChI=1S/C24H45NO/c1-2-3-4-5-6-7-8-9-10-11-12-13-20-23(25-26)24(21-16-14-17-21)22-18-15-19-22/h21-22,24,26H,2-20H2,1H3. The highest BCUT2D eigenvalue weighted by atomic mass is 16.4. The van der Waals surface area contributed by atoms with Crippen molar-refractivity contribution in [2.75, 3.05) is 0 Å². The van der Waals surface area contributed by atoms with Gasteiger partial charge in [0, 0.05) is 5.92 Å². The lowest BCUT2D eigenvalue weighted by molar-refractivity contribution is 0.136. The molecule has 0 spiro atoms. The fourth-order valence-electron chi connectivity index (χ4n) is 4.96. The highest BCUT2D eigenvalue weighted by Gasteiger charge is 2.39. The molecule has 0 aromatic rings. The van der Waals surface area contributed by atoms with Gasteiger partial charge in [0.1, 0.15) is 0 Å². The molecule has 0 amide bonds. The highest BCUT2D eigenvalue weighted by Crippen LogP contribution is 2.45. The van der Waals surface area contributed by atoms with Crippen molar-refractivity contribution in [1.82, 2.24) is 0 Å². The van der Waals surface area contributed by atoms with Crippen molar-refractivity contribution in [1.29, 1.82) is 0 Å². The lowest BCUT2D eigenvalue weighted by atomic mass is 9.62. The molecule has 26 heavy (non-hydrogen) atoms. The summed E-state index contributed by atoms with van der Waals surface area (Å²) in [7, 11) is 0. The number of hydrogen-bond donors (Lipinski definition) is 1. The second kappa shape index (κ2) is 13.6. The molecule has 0 heterocycles. The van der Waals surface area contributed by atoms with Crippen LogP contribution < -0.4 is 0 Å². The minimum absolute atomic E-state index is 0.621. The predicted molar refractivity (Wildman–Crippen MR) is 113 cm³/mol. The van der Waals surface area contributed by atoms with Gasteiger partial charge in [0.15, 0.2) is 0 Å². The van der Waals surface area contributed by atoms with Crippen LogP contribution in [0.3, 0.4) is 0 Å². The summed E-state index contributed by atoms with van der Waals surface area (Å²) in [6.45, 7) is 2.29. The molecule has 2 fully saturated rings. The van der Waals surface area contributed by atoms with Crippen LogP contribution in [-0.4, -0.2) is 10.9 Å². The summed E-state index contributed by atoms with van der Waals surface area (Å²) in [5.41, 5.74) is 1.16. The van der Waals surface area contributed by atoms with Crippen molar-refractivity contribution < 1.29 is 5.21 Å². The van der Waals surface area contributed by atoms with E-state index in [2.05, 4.69) is 12.1 Å². The monoisotopic (exact) mass is 363 g/mol. The van der Waals surface area contributed by atoms with Crippen molar-refractivity contribution in [3.8, 4) is 0 Å². The van der Waals surface area contributed by atoms with E-state index < -0.39 is 0 Å². The van der Waals surface area contributed by atoms with Crippen LogP contribution in [0.4, 0.5) is 0 Å². The fraction of sp³-hybridized carbons (Fsp3) is 0.958. The quantitative estimate of drug-likeness (QED) is 0.128. The third-order valence-corrected chi connectivity index (χ3v) is 7.12. The SMILES string of the molecule is CCCCCCCCCCCCCCC(=NO)C(C1CCC1)C1CCC1. The zero-order valence-electron chi connectivity index (χ0n) is 17.6. The molecule has 0 aromatic heterocycles. The summed E-state index contributed by atoms with van der Waals surface area (Å²) in [6, 6.07) is 0. The lowest BCUT2D eigenvalue weighted by Crippen LogP contribution is -2.37. The maximum Gasteiger partial charge on any atom is 0.0607 e. The van der Waals surface area contributed by atoms with E-state index in [-0.39, 0.29) is 0 Å². The van der Waals surface area contributed by atoms with Gasteiger partial charge < -0.3 is 5.21 Å². The van der Waals surface area contributed by atoms with Crippen LogP contribution in [0.1, 0.15) is 129 Å². The zero-order chi connectivity index (χ0) is 18.5. The summed E-state index contributed by atoms with van der Waals surface area (Å²) < 4.78 is 0. The zero-order valence-corrected chi connectivity index (χ0v) is 17.6. The van der Waals surface area contributed by atoms with Gasteiger partial charge >= 0.3 is 0 Å². The van der Waals surface area contributed by atoms with Crippen LogP contribution in [0.25, 0.3) is 0 Å². The van der Waals surface area contributed by atoms with Crippen molar-refractivity contribution in [2.45, 2.75) is 129 Å². The van der Waals surface area contributed by atoms with Crippen LogP contribution in [0.15, 0.2) is 5.16 Å². The molecule has 0 aromatic carbocycles. The van der Waals surface area contributed by atoms with Crippen molar-refractivity contribution in [3.05, 3.63) is 0 Å². The highest BCUT2D eigenvalue weighted by molar-refractivity contribution is 5.87. The molecule has 152 valence electrons. The van der Waals surface area contributed by atoms with Crippen LogP contribution >= 0.6 is 0 Å². The Morgan fingerprint density at radius 2 is 1.15 bits per heavy atom. The molecule has 1 N–H and O–H groups in total. The third-order valence-electron chi connectivity index (χ3n) is 7.12. The largest absolute Gasteiger partial charge is 0.411 e. The second-order valence-corrected chi connectivity index (χ2v) is 9.14. The molecule has 0 saturated heterocycles. The second-order valence-electron chi connectivity index (χ2n) is 9.14. The van der Waals surface area contributed by atoms with Gasteiger partial charge in [-0.2, -0.15) is 0 Å². The fourth-order valence-corrected chi connectivity index (χ4v) is 4.96. The Morgan fingerprint density at radius 3 is 1.50 bits per heavy atom. The van der Waals surface area contributed by atoms with Gasteiger partial charge in [0.25, 0.3) is 0 Å². The summed E-state index contributed by atoms with van der Waals surface area (Å²) in [5, 5.41) is 13.4. The minimum Gasteiger partial charge on any atom is -0.411 e. The number of unbranched alkanes of at least 4 members (excludes halogenated alkanes) is 11. The molecule has 0 atom stereocenters. The first-order chi connectivity index (χ1) is 12.9. The first-order valence-electron chi connectivity index (χ1n) is 12.1. The Hall–Kier alpha value is -0.530. The third kappa shape index (κ3) is 7.61. The van der Waals surface area contributed by atoms with E-state index in [1.165, 1.54) is 116 Å². The molecular formula is C24H45NO. The molecule has 0 unspecified atom stereocenters. The van der Waals surface area contributed by atoms with E-state index >= 15 is 0 Å². The first kappa shape index (κ1) is 21.8. The van der Waals surface area contributed by atoms with Crippen LogP contribution in [-0.2, 0) is 0 Å². The maximum atomic E-state index is 9.60. The summed E-state index contributed by atoms with van der Waals surface area (Å²) >= 11 is 0. The Kier molecular flexibility index (Phi) is 11.4. The van der Waals surface area contributed by atoms with Crippen LogP contribution in [0.5, 0.6) is 0 Å². The molecule has 0 radical (unpaired) electrons. The van der Waals surface area contributed by atoms with Gasteiger partial charge in [0.2, 0.25) is 0 Å². The summed E-state index contributed by atoms with van der Waals surface area (Å²) in [4.78, 5) is 0. The molecule has 2 aliphatic rings. The van der Waals surface area contributed by atoms with Gasteiger partial charge in [-0.1, -0.05) is 95.6 Å². The number of oxime groups is 1. The van der Waals surface area contributed by atoms with Crippen LogP contribution in [0, 0.1) is 17.8 Å². The molecule has 2 aliphatic carbocycles. The molecule has 0 aliphatic heterocycles. The predicted octanol–water partition coefficient (Wildman–Crippen LogP) is 8.12. The van der Waals surface area contributed by atoms with E-state index in [0.29, 0.717) is 5.92 Å². The van der Waals surface area contributed by atoms with Gasteiger partial charge in [-0.3, -0.25) is 0 Å². The smallest absolute Gasteiger partial charge is 0.0607 e. The van der Waals surface area contributed by atoms with Gasteiger partial charge in [-0.15, -0.1) is 0 Å². The number of hydrogen-bond acceptors (Lipinski definition) is 2. The Bertz CT molecular complexity index is 356. The Labute approximate surface area is 163 Å². The van der Waals surface area contributed by atoms with Crippen molar-refractivity contribution in [2.24, 2.45) is 22.9 Å². The Balaban J connectivity index is 1.47. The van der Waals surface area contributed by atoms with E-state index in [0.717, 1.165) is 24.0 Å². The van der Waals surface area contributed by atoms with E-state index in [4.69, 9.17) is 0 Å². The van der Waals surface area contributed by atoms with Gasteiger partial charge in [0.05, 0.1) is 5.71 Å². The molecular weight excluding hydrogens is 318 g/mol. The topological polar surface area (TPSA) is 32.6 Å². The van der Waals surface area contributed by atoms with Crippen molar-refractivity contribution >= 4 is 5.71 Å². The molecule has 0 bridgehead atoms. The number of rotatable bonds is 16. The van der Waals surface area contributed by atoms with Gasteiger partial charge in [-0.25, -0.2) is 0 Å². The number of nitrogens with zero attached hydrogens (tertiary/aromatic N) is 1. The van der Waals surface area contributed by atoms with Crippen LogP contribution in [0.2, 0.25) is 0 Å². The Morgan fingerprint density at radius 1 is 0.731 bits per heavy atom. The average Bonchev–Trinajstić information content (AvgIpc) is 2.56. The van der Waals surface area contributed by atoms with Crippen molar-refractivity contribution in [3.63, 3.8) is 0 Å². The van der Waals surface area contributed by atoms with E-state index in [1.54, 1.807) is 0 Å². The minimum atomic E-state index is 0.621. The molecule has 2 saturated carbocycles. The normalized spacial score (nSPS) is 18.9. The summed E-state index contributed by atoms with van der Waals surface area (Å²) in [5.74, 6) is 2.29. The first-order valence-corrected chi connectivity index (χ1v) is 12.1.